The average molecular weight is 178 g/mol. The molecule has 0 aliphatic carbocycles. The molecule has 5 nitrogen and oxygen atoms in total. The van der Waals surface area contributed by atoms with Crippen LogP contribution in [0.3, 0.4) is 0 Å². The number of amides is 1. The first kappa shape index (κ1) is 10.5. The van der Waals surface area contributed by atoms with Gasteiger partial charge in [0.25, 0.3) is 5.91 Å². The minimum Gasteiger partial charge on any atom is -0.298 e. The molecule has 0 saturated carbocycles. The first-order chi connectivity index (χ1) is 5.22. The molecule has 0 aliphatic rings. The number of nitrogens with zero attached hydrogens (tertiary/aromatic N) is 1. The Labute approximate surface area is 66.5 Å². The van der Waals surface area contributed by atoms with Gasteiger partial charge in [0.1, 0.15) is 0 Å². The van der Waals surface area contributed by atoms with E-state index in [-0.39, 0.29) is 27.8 Å². The lowest BCUT2D eigenvalue weighted by molar-refractivity contribution is -0.163. The van der Waals surface area contributed by atoms with Crippen LogP contribution < -0.4 is 5.32 Å². The Morgan fingerprint density at radius 3 is 2.82 bits per heavy atom. The monoisotopic (exact) mass is 178 g/mol. The van der Waals surface area contributed by atoms with Crippen LogP contribution in [0.2, 0.25) is 0 Å². The van der Waals surface area contributed by atoms with Crippen molar-refractivity contribution in [1.82, 2.24) is 10.4 Å². The summed E-state index contributed by atoms with van der Waals surface area (Å²) in [4.78, 5) is 10.8. The Morgan fingerprint density at radius 2 is 2.36 bits per heavy atom. The molecule has 0 saturated heterocycles. The first-order valence-corrected chi connectivity index (χ1v) is 4.21. The molecule has 2 N–H and O–H groups in total. The molecule has 0 atom stereocenters. The highest BCUT2D eigenvalue weighted by molar-refractivity contribution is 7.23. The van der Waals surface area contributed by atoms with Crippen molar-refractivity contribution >= 4 is 14.4 Å². The summed E-state index contributed by atoms with van der Waals surface area (Å²) in [6.45, 7) is 1.93. The van der Waals surface area contributed by atoms with E-state index in [0.717, 1.165) is 0 Å². The number of hydrogen-bond acceptors (Lipinski definition) is 4. The molecule has 1 amide bonds. The van der Waals surface area contributed by atoms with E-state index in [1.807, 2.05) is 0 Å². The first-order valence-electron chi connectivity index (χ1n) is 3.21. The van der Waals surface area contributed by atoms with Crippen molar-refractivity contribution in [2.45, 2.75) is 6.92 Å². The van der Waals surface area contributed by atoms with Crippen molar-refractivity contribution in [2.24, 2.45) is 0 Å². The summed E-state index contributed by atoms with van der Waals surface area (Å²) in [7, 11) is -0.0562. The van der Waals surface area contributed by atoms with Gasteiger partial charge in [-0.2, -0.15) is 0 Å². The third-order valence-corrected chi connectivity index (χ3v) is 1.39. The molecule has 0 aromatic rings. The lowest BCUT2D eigenvalue weighted by Crippen LogP contribution is -2.35. The fraction of sp³-hybridized carbons (Fsp3) is 0.800. The maximum atomic E-state index is 10.8. The standard InChI is InChI=1S/C5H11N2O3P/c1-2-7(9)5(8)3-6-4-11-10/h6,9H,2-4H2,1H3. The SMILES string of the molecule is CCN(O)C(=O)CNCP=O. The quantitative estimate of drug-likeness (QED) is 0.270. The minimum absolute atomic E-state index is 0.0135. The maximum absolute atomic E-state index is 10.8. The van der Waals surface area contributed by atoms with E-state index in [2.05, 4.69) is 5.32 Å². The smallest absolute Gasteiger partial charge is 0.259 e. The van der Waals surface area contributed by atoms with E-state index in [4.69, 9.17) is 5.21 Å². The van der Waals surface area contributed by atoms with Crippen molar-refractivity contribution in [3.63, 3.8) is 0 Å². The molecule has 0 spiro atoms. The van der Waals surface area contributed by atoms with E-state index >= 15 is 0 Å². The fourth-order valence-electron chi connectivity index (χ4n) is 0.476. The average Bonchev–Trinajstić information content (AvgIpc) is 2.03. The van der Waals surface area contributed by atoms with Crippen LogP contribution >= 0.6 is 8.46 Å². The summed E-state index contributed by atoms with van der Waals surface area (Å²) in [6, 6.07) is 0. The van der Waals surface area contributed by atoms with Gasteiger partial charge in [-0.05, 0) is 6.92 Å². The van der Waals surface area contributed by atoms with E-state index in [0.29, 0.717) is 5.06 Å². The van der Waals surface area contributed by atoms with Crippen molar-refractivity contribution in [3.8, 4) is 0 Å². The molecular formula is C5H11N2O3P. The van der Waals surface area contributed by atoms with Crippen LogP contribution in [0.4, 0.5) is 0 Å². The van der Waals surface area contributed by atoms with Crippen LogP contribution in [-0.2, 0) is 9.36 Å². The van der Waals surface area contributed by atoms with Crippen molar-refractivity contribution in [1.29, 1.82) is 0 Å². The topological polar surface area (TPSA) is 69.6 Å². The van der Waals surface area contributed by atoms with E-state index in [9.17, 15) is 9.36 Å². The van der Waals surface area contributed by atoms with Gasteiger partial charge in [0.15, 0.2) is 8.46 Å². The lowest BCUT2D eigenvalue weighted by Gasteiger charge is -2.11. The predicted octanol–water partition coefficient (Wildman–Crippen LogP) is 0.0629. The second-order valence-corrected chi connectivity index (χ2v) is 2.40. The van der Waals surface area contributed by atoms with Crippen LogP contribution in [0.5, 0.6) is 0 Å². The fourth-order valence-corrected chi connectivity index (χ4v) is 0.679. The zero-order valence-corrected chi connectivity index (χ0v) is 7.17. The van der Waals surface area contributed by atoms with Gasteiger partial charge in [-0.25, -0.2) is 5.06 Å². The molecule has 0 rings (SSSR count). The Kier molecular flexibility index (Phi) is 5.93. The molecule has 0 fully saturated rings. The van der Waals surface area contributed by atoms with Gasteiger partial charge in [-0.3, -0.25) is 19.9 Å². The molecule has 0 unspecified atom stereocenters. The number of likely N-dealkylation sites (N-methyl/N-ethyl adjacent to an activating group) is 1. The van der Waals surface area contributed by atoms with Gasteiger partial charge in [0, 0.05) is 6.54 Å². The summed E-state index contributed by atoms with van der Waals surface area (Å²) in [5.41, 5.74) is 0. The number of hydroxylamine groups is 2. The largest absolute Gasteiger partial charge is 0.298 e. The lowest BCUT2D eigenvalue weighted by atomic mass is 10.5. The third-order valence-electron chi connectivity index (χ3n) is 1.04. The molecular weight excluding hydrogens is 167 g/mol. The summed E-state index contributed by atoms with van der Waals surface area (Å²) in [6.07, 6.45) is 0.225. The Bertz CT molecular complexity index is 142. The minimum atomic E-state index is -0.420. The molecule has 0 heterocycles. The van der Waals surface area contributed by atoms with Gasteiger partial charge in [0.05, 0.1) is 12.8 Å². The van der Waals surface area contributed by atoms with Crippen LogP contribution in [0, 0.1) is 0 Å². The zero-order valence-electron chi connectivity index (χ0n) is 6.28. The highest BCUT2D eigenvalue weighted by Gasteiger charge is 2.06. The number of rotatable bonds is 5. The Balaban J connectivity index is 3.43. The van der Waals surface area contributed by atoms with Gasteiger partial charge >= 0.3 is 0 Å². The van der Waals surface area contributed by atoms with E-state index in [1.54, 1.807) is 6.92 Å². The van der Waals surface area contributed by atoms with E-state index < -0.39 is 5.91 Å². The molecule has 6 heteroatoms. The predicted molar refractivity (Wildman–Crippen MR) is 39.6 cm³/mol. The van der Waals surface area contributed by atoms with Gasteiger partial charge in [0.2, 0.25) is 0 Å². The van der Waals surface area contributed by atoms with Crippen LogP contribution in [-0.4, -0.2) is 35.6 Å². The number of carbonyl (C=O) groups excluding carboxylic acids is 1. The zero-order chi connectivity index (χ0) is 8.69. The summed E-state index contributed by atoms with van der Waals surface area (Å²) < 4.78 is 9.87. The Hall–Kier alpha value is -0.510. The van der Waals surface area contributed by atoms with Crippen molar-refractivity contribution in [3.05, 3.63) is 0 Å². The highest BCUT2D eigenvalue weighted by atomic mass is 31.1. The Morgan fingerprint density at radius 1 is 1.73 bits per heavy atom. The second kappa shape index (κ2) is 6.22. The summed E-state index contributed by atoms with van der Waals surface area (Å²) >= 11 is 0. The van der Waals surface area contributed by atoms with Crippen LogP contribution in [0.15, 0.2) is 0 Å². The summed E-state index contributed by atoms with van der Waals surface area (Å²) in [5, 5.41) is 12.0. The normalized spacial score (nSPS) is 10.0. The maximum Gasteiger partial charge on any atom is 0.259 e. The highest BCUT2D eigenvalue weighted by Crippen LogP contribution is 1.85. The number of hydrogen-bond donors (Lipinski definition) is 2. The van der Waals surface area contributed by atoms with Crippen molar-refractivity contribution < 1.29 is 14.6 Å². The molecule has 64 valence electrons. The molecule has 0 aliphatic heterocycles. The number of carbonyl (C=O) groups is 1. The van der Waals surface area contributed by atoms with Crippen LogP contribution in [0.1, 0.15) is 6.92 Å². The molecule has 0 radical (unpaired) electrons. The molecule has 0 aromatic carbocycles. The van der Waals surface area contributed by atoms with E-state index in [1.165, 1.54) is 0 Å². The van der Waals surface area contributed by atoms with Crippen molar-refractivity contribution in [2.75, 3.05) is 19.4 Å². The molecule has 11 heavy (non-hydrogen) atoms. The molecule has 0 bridgehead atoms. The summed E-state index contributed by atoms with van der Waals surface area (Å²) in [5.74, 6) is -0.420. The van der Waals surface area contributed by atoms with Crippen LogP contribution in [0.25, 0.3) is 0 Å². The molecule has 0 aromatic heterocycles. The van der Waals surface area contributed by atoms with Gasteiger partial charge in [-0.1, -0.05) is 0 Å². The second-order valence-electron chi connectivity index (χ2n) is 1.82. The van der Waals surface area contributed by atoms with Gasteiger partial charge in [-0.15, -0.1) is 0 Å². The third kappa shape index (κ3) is 4.84. The van der Waals surface area contributed by atoms with Gasteiger partial charge < -0.3 is 0 Å². The number of nitrogens with one attached hydrogen (secondary N) is 1.